The first-order valence-corrected chi connectivity index (χ1v) is 9.00. The zero-order chi connectivity index (χ0) is 19.6. The highest BCUT2D eigenvalue weighted by Crippen LogP contribution is 2.37. The number of carbonyl (C=O) groups excluding carboxylic acids is 2. The Morgan fingerprint density at radius 3 is 1.92 bits per heavy atom. The molecule has 1 atom stereocenters. The Bertz CT molecular complexity index is 616. The highest BCUT2D eigenvalue weighted by atomic mass is 31.2. The molecule has 1 unspecified atom stereocenters. The van der Waals surface area contributed by atoms with Crippen molar-refractivity contribution in [2.24, 2.45) is 0 Å². The predicted molar refractivity (Wildman–Crippen MR) is 87.7 cm³/mol. The molecule has 0 amide bonds. The molecule has 0 radical (unpaired) electrons. The quantitative estimate of drug-likeness (QED) is 0.203. The van der Waals surface area contributed by atoms with Gasteiger partial charge in [-0.25, -0.2) is 0 Å². The Labute approximate surface area is 151 Å². The molecule has 10 nitrogen and oxygen atoms in total. The van der Waals surface area contributed by atoms with Gasteiger partial charge in [0.1, 0.15) is 37.0 Å². The summed E-state index contributed by atoms with van der Waals surface area (Å²) in [6, 6.07) is 4.03. The molecule has 0 heterocycles. The highest BCUT2D eigenvalue weighted by Gasteiger charge is 2.13. The SMILES string of the molecule is C[N+](C)(C)CCOP(=O)([O-])OCCOc1cc(OC=O)cc(OC=O)c1. The van der Waals surface area contributed by atoms with Crippen LogP contribution in [0.25, 0.3) is 0 Å². The third-order valence-corrected chi connectivity index (χ3v) is 3.83. The summed E-state index contributed by atoms with van der Waals surface area (Å²) in [5.41, 5.74) is 0. The molecule has 0 aromatic heterocycles. The molecule has 0 aliphatic rings. The van der Waals surface area contributed by atoms with Crippen LogP contribution in [0.1, 0.15) is 0 Å². The van der Waals surface area contributed by atoms with Crippen LogP contribution in [0.2, 0.25) is 0 Å². The summed E-state index contributed by atoms with van der Waals surface area (Å²) in [7, 11) is 1.28. The number of nitrogens with zero attached hydrogens (tertiary/aromatic N) is 1. The van der Waals surface area contributed by atoms with E-state index in [4.69, 9.17) is 13.8 Å². The van der Waals surface area contributed by atoms with Gasteiger partial charge in [-0.3, -0.25) is 14.2 Å². The van der Waals surface area contributed by atoms with E-state index in [1.165, 1.54) is 18.2 Å². The van der Waals surface area contributed by atoms with E-state index in [-0.39, 0.29) is 50.0 Å². The minimum absolute atomic E-state index is 0.00259. The van der Waals surface area contributed by atoms with Crippen LogP contribution in [0.4, 0.5) is 0 Å². The second-order valence-electron chi connectivity index (χ2n) is 6.04. The Kier molecular flexibility index (Phi) is 8.70. The maximum Gasteiger partial charge on any atom is 0.298 e. The standard InChI is InChI=1S/C15H22NO9P/c1-16(2,3)4-5-24-26(19,20)25-7-6-21-13-8-14(22-11-17)10-15(9-13)23-12-18/h8-12H,4-7H2,1-3H3. The summed E-state index contributed by atoms with van der Waals surface area (Å²) in [6.45, 7) is 0.490. The van der Waals surface area contributed by atoms with Crippen LogP contribution in [0.3, 0.4) is 0 Å². The third-order valence-electron chi connectivity index (χ3n) is 2.83. The number of likely N-dealkylation sites (N-methyl/N-ethyl adjacent to an activating group) is 1. The first-order chi connectivity index (χ1) is 12.1. The lowest BCUT2D eigenvalue weighted by molar-refractivity contribution is -0.870. The fourth-order valence-electron chi connectivity index (χ4n) is 1.65. The molecule has 0 bridgehead atoms. The zero-order valence-electron chi connectivity index (χ0n) is 14.8. The van der Waals surface area contributed by atoms with Crippen LogP contribution in [0.5, 0.6) is 17.2 Å². The second kappa shape index (κ2) is 10.2. The molecule has 0 N–H and O–H groups in total. The van der Waals surface area contributed by atoms with Crippen molar-refractivity contribution in [2.75, 3.05) is 47.5 Å². The maximum absolute atomic E-state index is 11.6. The number of quaternary nitrogens is 1. The number of hydrogen-bond donors (Lipinski definition) is 0. The lowest BCUT2D eigenvalue weighted by atomic mass is 10.3. The molecule has 146 valence electrons. The minimum Gasteiger partial charge on any atom is -0.756 e. The first kappa shape index (κ1) is 22.1. The van der Waals surface area contributed by atoms with E-state index in [1.807, 2.05) is 21.1 Å². The van der Waals surface area contributed by atoms with E-state index in [9.17, 15) is 19.0 Å². The summed E-state index contributed by atoms with van der Waals surface area (Å²) < 4.78 is 36.2. The van der Waals surface area contributed by atoms with Crippen LogP contribution in [0, 0.1) is 0 Å². The van der Waals surface area contributed by atoms with Gasteiger partial charge in [0.25, 0.3) is 20.8 Å². The van der Waals surface area contributed by atoms with Crippen molar-refractivity contribution in [3.63, 3.8) is 0 Å². The topological polar surface area (TPSA) is 120 Å². The number of rotatable bonds is 13. The molecular weight excluding hydrogens is 369 g/mol. The average Bonchev–Trinajstić information content (AvgIpc) is 2.51. The van der Waals surface area contributed by atoms with Crippen LogP contribution in [-0.4, -0.2) is 64.9 Å². The van der Waals surface area contributed by atoms with Gasteiger partial charge >= 0.3 is 0 Å². The first-order valence-electron chi connectivity index (χ1n) is 7.54. The van der Waals surface area contributed by atoms with Gasteiger partial charge in [-0.05, 0) is 0 Å². The number of carbonyl (C=O) groups is 2. The average molecular weight is 391 g/mol. The number of benzene rings is 1. The number of phosphoric ester groups is 1. The molecule has 0 fully saturated rings. The lowest BCUT2D eigenvalue weighted by Crippen LogP contribution is -2.37. The fraction of sp³-hybridized carbons (Fsp3) is 0.467. The lowest BCUT2D eigenvalue weighted by Gasteiger charge is -2.27. The Morgan fingerprint density at radius 2 is 1.42 bits per heavy atom. The van der Waals surface area contributed by atoms with E-state index in [1.54, 1.807) is 0 Å². The smallest absolute Gasteiger partial charge is 0.298 e. The summed E-state index contributed by atoms with van der Waals surface area (Å²) in [4.78, 5) is 32.4. The second-order valence-corrected chi connectivity index (χ2v) is 7.46. The van der Waals surface area contributed by atoms with Crippen LogP contribution in [-0.2, 0) is 23.2 Å². The molecule has 1 aromatic carbocycles. The molecule has 11 heteroatoms. The Hall–Kier alpha value is -1.97. The highest BCUT2D eigenvalue weighted by molar-refractivity contribution is 7.45. The Morgan fingerprint density at radius 1 is 0.923 bits per heavy atom. The van der Waals surface area contributed by atoms with E-state index >= 15 is 0 Å². The van der Waals surface area contributed by atoms with Crippen molar-refractivity contribution in [3.05, 3.63) is 18.2 Å². The largest absolute Gasteiger partial charge is 0.756 e. The normalized spacial score (nSPS) is 13.5. The number of ether oxygens (including phenoxy) is 3. The van der Waals surface area contributed by atoms with Gasteiger partial charge < -0.3 is 32.6 Å². The van der Waals surface area contributed by atoms with E-state index < -0.39 is 7.82 Å². The van der Waals surface area contributed by atoms with Crippen molar-refractivity contribution in [2.45, 2.75) is 0 Å². The Balaban J connectivity index is 2.47. The zero-order valence-corrected chi connectivity index (χ0v) is 15.7. The van der Waals surface area contributed by atoms with Crippen LogP contribution >= 0.6 is 7.82 Å². The molecule has 0 spiro atoms. The minimum atomic E-state index is -4.42. The van der Waals surface area contributed by atoms with Crippen molar-refractivity contribution in [1.29, 1.82) is 0 Å². The molecule has 0 aliphatic carbocycles. The van der Waals surface area contributed by atoms with Gasteiger partial charge in [-0.1, -0.05) is 0 Å². The van der Waals surface area contributed by atoms with Gasteiger partial charge in [0.15, 0.2) is 0 Å². The predicted octanol–water partition coefficient (Wildman–Crippen LogP) is 0.344. The molecule has 0 saturated heterocycles. The summed E-state index contributed by atoms with van der Waals surface area (Å²) in [5, 5.41) is 0. The number of hydrogen-bond acceptors (Lipinski definition) is 9. The third kappa shape index (κ3) is 9.50. The van der Waals surface area contributed by atoms with Crippen molar-refractivity contribution < 1.29 is 46.8 Å². The summed E-state index contributed by atoms with van der Waals surface area (Å²) >= 11 is 0. The van der Waals surface area contributed by atoms with Gasteiger partial charge in [0, 0.05) is 18.2 Å². The molecule has 0 aliphatic heterocycles. The summed E-state index contributed by atoms with van der Waals surface area (Å²) in [6.07, 6.45) is 0. The van der Waals surface area contributed by atoms with E-state index in [0.717, 1.165) is 0 Å². The molecule has 0 saturated carbocycles. The monoisotopic (exact) mass is 391 g/mol. The van der Waals surface area contributed by atoms with Gasteiger partial charge in [-0.2, -0.15) is 0 Å². The van der Waals surface area contributed by atoms with Gasteiger partial charge in [0.2, 0.25) is 0 Å². The van der Waals surface area contributed by atoms with Crippen molar-refractivity contribution in [1.82, 2.24) is 0 Å². The van der Waals surface area contributed by atoms with E-state index in [2.05, 4.69) is 9.47 Å². The molecule has 26 heavy (non-hydrogen) atoms. The molecule has 1 rings (SSSR count). The van der Waals surface area contributed by atoms with Crippen molar-refractivity contribution >= 4 is 20.8 Å². The van der Waals surface area contributed by atoms with Crippen LogP contribution in [0.15, 0.2) is 18.2 Å². The van der Waals surface area contributed by atoms with Crippen LogP contribution < -0.4 is 19.1 Å². The van der Waals surface area contributed by atoms with Crippen molar-refractivity contribution in [3.8, 4) is 17.2 Å². The molecular formula is C15H22NO9P. The van der Waals surface area contributed by atoms with E-state index in [0.29, 0.717) is 11.0 Å². The number of phosphoric acid groups is 1. The van der Waals surface area contributed by atoms with Gasteiger partial charge in [-0.15, -0.1) is 0 Å². The molecule has 1 aromatic rings. The maximum atomic E-state index is 11.6. The van der Waals surface area contributed by atoms with Gasteiger partial charge in [0.05, 0.1) is 27.7 Å². The fourth-order valence-corrected chi connectivity index (χ4v) is 2.33. The summed E-state index contributed by atoms with van der Waals surface area (Å²) in [5.74, 6) is 0.373.